The summed E-state index contributed by atoms with van der Waals surface area (Å²) in [6, 6.07) is 14.4. The first-order valence-electron chi connectivity index (χ1n) is 5.85. The summed E-state index contributed by atoms with van der Waals surface area (Å²) in [7, 11) is 0. The molecular formula is C15H11F3N2. The molecule has 2 rings (SSSR count). The first kappa shape index (κ1) is 14.0. The van der Waals surface area contributed by atoms with Crippen molar-refractivity contribution >= 4 is 17.4 Å². The van der Waals surface area contributed by atoms with E-state index in [1.807, 2.05) is 31.2 Å². The van der Waals surface area contributed by atoms with Gasteiger partial charge in [0.1, 0.15) is 6.01 Å². The Morgan fingerprint density at radius 1 is 0.800 bits per heavy atom. The maximum Gasteiger partial charge on any atom is 0.416 e. The molecule has 0 aliphatic carbocycles. The lowest BCUT2D eigenvalue weighted by atomic mass is 10.2. The molecule has 0 saturated heterocycles. The summed E-state index contributed by atoms with van der Waals surface area (Å²) in [6.07, 6.45) is -4.34. The SMILES string of the molecule is Cc1ccc(N=C=Nc2ccc(C(F)(F)F)cc2)cc1. The highest BCUT2D eigenvalue weighted by atomic mass is 19.4. The molecule has 2 aromatic carbocycles. The maximum atomic E-state index is 12.4. The van der Waals surface area contributed by atoms with E-state index in [-0.39, 0.29) is 0 Å². The summed E-state index contributed by atoms with van der Waals surface area (Å²) >= 11 is 0. The van der Waals surface area contributed by atoms with Crippen molar-refractivity contribution < 1.29 is 13.2 Å². The van der Waals surface area contributed by atoms with Crippen LogP contribution in [0.15, 0.2) is 58.5 Å². The monoisotopic (exact) mass is 276 g/mol. The largest absolute Gasteiger partial charge is 0.416 e. The van der Waals surface area contributed by atoms with Gasteiger partial charge in [0.05, 0.1) is 16.9 Å². The number of hydrogen-bond acceptors (Lipinski definition) is 2. The van der Waals surface area contributed by atoms with Gasteiger partial charge in [-0.15, -0.1) is 0 Å². The molecule has 0 aliphatic rings. The van der Waals surface area contributed by atoms with Gasteiger partial charge in [-0.2, -0.15) is 23.2 Å². The zero-order chi connectivity index (χ0) is 14.6. The fraction of sp³-hybridized carbons (Fsp3) is 0.133. The molecule has 102 valence electrons. The van der Waals surface area contributed by atoms with Gasteiger partial charge in [-0.25, -0.2) is 0 Å². The summed E-state index contributed by atoms with van der Waals surface area (Å²) < 4.78 is 37.1. The normalized spacial score (nSPS) is 10.8. The molecule has 0 aromatic heterocycles. The zero-order valence-electron chi connectivity index (χ0n) is 10.6. The van der Waals surface area contributed by atoms with Gasteiger partial charge in [0.2, 0.25) is 0 Å². The molecule has 2 nitrogen and oxygen atoms in total. The third-order valence-corrected chi connectivity index (χ3v) is 2.59. The number of rotatable bonds is 2. The first-order chi connectivity index (χ1) is 9.45. The third kappa shape index (κ3) is 3.80. The van der Waals surface area contributed by atoms with E-state index in [4.69, 9.17) is 0 Å². The number of alkyl halides is 3. The lowest BCUT2D eigenvalue weighted by molar-refractivity contribution is -0.137. The van der Waals surface area contributed by atoms with E-state index in [2.05, 4.69) is 16.0 Å². The van der Waals surface area contributed by atoms with Crippen LogP contribution in [0.3, 0.4) is 0 Å². The van der Waals surface area contributed by atoms with Crippen LogP contribution in [-0.4, -0.2) is 6.01 Å². The Bertz CT molecular complexity index is 634. The second-order valence-corrected chi connectivity index (χ2v) is 4.20. The topological polar surface area (TPSA) is 24.7 Å². The Hall–Kier alpha value is -2.39. The Kier molecular flexibility index (Phi) is 4.01. The van der Waals surface area contributed by atoms with Gasteiger partial charge in [-0.3, -0.25) is 0 Å². The molecule has 0 N–H and O–H groups in total. The van der Waals surface area contributed by atoms with E-state index in [0.29, 0.717) is 11.4 Å². The standard InChI is InChI=1S/C15H11F3N2/c1-11-2-6-13(7-3-11)19-10-20-14-8-4-12(5-9-14)15(16,17)18/h2-9H,1H3. The van der Waals surface area contributed by atoms with Crippen molar-refractivity contribution in [2.75, 3.05) is 0 Å². The predicted octanol–water partition coefficient (Wildman–Crippen LogP) is 5.15. The minimum atomic E-state index is -4.34. The smallest absolute Gasteiger partial charge is 0.188 e. The highest BCUT2D eigenvalue weighted by Crippen LogP contribution is 2.30. The van der Waals surface area contributed by atoms with Crippen molar-refractivity contribution in [3.63, 3.8) is 0 Å². The van der Waals surface area contributed by atoms with Crippen molar-refractivity contribution in [3.8, 4) is 0 Å². The predicted molar refractivity (Wildman–Crippen MR) is 71.8 cm³/mol. The van der Waals surface area contributed by atoms with E-state index in [0.717, 1.165) is 17.7 Å². The fourth-order valence-electron chi connectivity index (χ4n) is 1.48. The van der Waals surface area contributed by atoms with Crippen LogP contribution in [0.4, 0.5) is 24.5 Å². The van der Waals surface area contributed by atoms with E-state index in [1.54, 1.807) is 0 Å². The van der Waals surface area contributed by atoms with Gasteiger partial charge in [-0.05, 0) is 43.3 Å². The molecule has 0 unspecified atom stereocenters. The van der Waals surface area contributed by atoms with Crippen molar-refractivity contribution in [2.45, 2.75) is 13.1 Å². The van der Waals surface area contributed by atoms with Crippen LogP contribution in [0.1, 0.15) is 11.1 Å². The Balaban J connectivity index is 2.13. The minimum absolute atomic E-state index is 0.369. The van der Waals surface area contributed by atoms with Crippen molar-refractivity contribution in [1.29, 1.82) is 0 Å². The van der Waals surface area contributed by atoms with Gasteiger partial charge < -0.3 is 0 Å². The highest BCUT2D eigenvalue weighted by Gasteiger charge is 2.29. The average Bonchev–Trinajstić information content (AvgIpc) is 2.41. The molecule has 0 fully saturated rings. The van der Waals surface area contributed by atoms with Crippen LogP contribution in [0, 0.1) is 6.92 Å². The number of halogens is 3. The highest BCUT2D eigenvalue weighted by molar-refractivity contribution is 5.58. The van der Waals surface area contributed by atoms with Crippen LogP contribution in [0.2, 0.25) is 0 Å². The zero-order valence-corrected chi connectivity index (χ0v) is 10.6. The first-order valence-corrected chi connectivity index (χ1v) is 5.85. The average molecular weight is 276 g/mol. The second kappa shape index (κ2) is 5.72. The Morgan fingerprint density at radius 3 is 1.70 bits per heavy atom. The summed E-state index contributed by atoms with van der Waals surface area (Å²) in [5.41, 5.74) is 1.47. The molecule has 0 aliphatic heterocycles. The molecule has 0 spiro atoms. The van der Waals surface area contributed by atoms with Gasteiger partial charge in [0.25, 0.3) is 0 Å². The Morgan fingerprint density at radius 2 is 1.25 bits per heavy atom. The minimum Gasteiger partial charge on any atom is -0.188 e. The molecule has 0 bridgehead atoms. The third-order valence-electron chi connectivity index (χ3n) is 2.59. The molecule has 5 heteroatoms. The molecule has 0 saturated carbocycles. The number of hydrogen-bond donors (Lipinski definition) is 0. The number of benzene rings is 2. The number of aryl methyl sites for hydroxylation is 1. The van der Waals surface area contributed by atoms with E-state index < -0.39 is 11.7 Å². The molecule has 0 radical (unpaired) electrons. The van der Waals surface area contributed by atoms with Crippen molar-refractivity contribution in [2.24, 2.45) is 9.98 Å². The number of aliphatic imine (C=N–C) groups is 2. The van der Waals surface area contributed by atoms with Crippen LogP contribution in [0.25, 0.3) is 0 Å². The Labute approximate surface area is 114 Å². The molecule has 0 amide bonds. The molecule has 2 aromatic rings. The quantitative estimate of drug-likeness (QED) is 0.677. The van der Waals surface area contributed by atoms with Crippen molar-refractivity contribution in [1.82, 2.24) is 0 Å². The van der Waals surface area contributed by atoms with Crippen LogP contribution in [-0.2, 0) is 6.18 Å². The van der Waals surface area contributed by atoms with Gasteiger partial charge >= 0.3 is 6.18 Å². The van der Waals surface area contributed by atoms with E-state index in [9.17, 15) is 13.2 Å². The van der Waals surface area contributed by atoms with Crippen LogP contribution < -0.4 is 0 Å². The van der Waals surface area contributed by atoms with Crippen LogP contribution in [0.5, 0.6) is 0 Å². The molecule has 0 heterocycles. The fourth-order valence-corrected chi connectivity index (χ4v) is 1.48. The van der Waals surface area contributed by atoms with E-state index in [1.165, 1.54) is 12.1 Å². The van der Waals surface area contributed by atoms with Gasteiger partial charge in [0, 0.05) is 0 Å². The molecule has 20 heavy (non-hydrogen) atoms. The van der Waals surface area contributed by atoms with E-state index >= 15 is 0 Å². The van der Waals surface area contributed by atoms with Gasteiger partial charge in [-0.1, -0.05) is 17.7 Å². The van der Waals surface area contributed by atoms with Crippen LogP contribution >= 0.6 is 0 Å². The lowest BCUT2D eigenvalue weighted by Crippen LogP contribution is -2.03. The maximum absolute atomic E-state index is 12.4. The molecular weight excluding hydrogens is 265 g/mol. The lowest BCUT2D eigenvalue weighted by Gasteiger charge is -2.05. The van der Waals surface area contributed by atoms with Crippen molar-refractivity contribution in [3.05, 3.63) is 59.7 Å². The number of nitrogens with zero attached hydrogens (tertiary/aromatic N) is 2. The summed E-state index contributed by atoms with van der Waals surface area (Å²) in [5.74, 6) is 0. The summed E-state index contributed by atoms with van der Waals surface area (Å²) in [4.78, 5) is 7.84. The molecule has 0 atom stereocenters. The second-order valence-electron chi connectivity index (χ2n) is 4.20. The summed E-state index contributed by atoms with van der Waals surface area (Å²) in [6.45, 7) is 1.96. The van der Waals surface area contributed by atoms with Gasteiger partial charge in [0.15, 0.2) is 0 Å². The summed E-state index contributed by atoms with van der Waals surface area (Å²) in [5, 5.41) is 0.